The lowest BCUT2D eigenvalue weighted by Gasteiger charge is -2.33. The average molecular weight is 407 g/mol. The molecule has 1 aliphatic rings. The van der Waals surface area contributed by atoms with Crippen LogP contribution < -0.4 is 0 Å². The van der Waals surface area contributed by atoms with Crippen molar-refractivity contribution in [3.8, 4) is 11.3 Å². The molecule has 2 heterocycles. The fraction of sp³-hybridized carbons (Fsp3) is 0.292. The molecule has 0 saturated carbocycles. The zero-order valence-corrected chi connectivity index (χ0v) is 16.6. The Hall–Kier alpha value is -3.15. The second-order valence-electron chi connectivity index (χ2n) is 7.61. The zero-order valence-electron chi connectivity index (χ0n) is 16.6. The van der Waals surface area contributed by atoms with E-state index in [1.165, 1.54) is 24.3 Å². The minimum atomic E-state index is -0.314. The lowest BCUT2D eigenvalue weighted by atomic mass is 9.91. The third-order valence-corrected chi connectivity index (χ3v) is 5.53. The Balaban J connectivity index is 1.46. The number of likely N-dealkylation sites (tertiary alicyclic amines) is 1. The minimum absolute atomic E-state index is 0.0560. The molecule has 1 saturated heterocycles. The van der Waals surface area contributed by atoms with Gasteiger partial charge in [0.25, 0.3) is 0 Å². The monoisotopic (exact) mass is 407 g/mol. The molecule has 154 valence electrons. The molecular formula is C24H23F2N3O. The molecule has 2 aromatic carbocycles. The van der Waals surface area contributed by atoms with Gasteiger partial charge in [0.1, 0.15) is 11.6 Å². The summed E-state index contributed by atoms with van der Waals surface area (Å²) < 4.78 is 26.8. The van der Waals surface area contributed by atoms with Crippen LogP contribution in [-0.2, 0) is 11.2 Å². The molecule has 0 bridgehead atoms. The summed E-state index contributed by atoms with van der Waals surface area (Å²) in [6, 6.07) is 12.6. The van der Waals surface area contributed by atoms with Gasteiger partial charge in [-0.1, -0.05) is 24.3 Å². The van der Waals surface area contributed by atoms with E-state index in [1.807, 2.05) is 11.0 Å². The summed E-state index contributed by atoms with van der Waals surface area (Å²) in [4.78, 5) is 23.7. The number of aromatic nitrogens is 2. The van der Waals surface area contributed by atoms with Crippen molar-refractivity contribution in [2.75, 3.05) is 13.1 Å². The number of hydrogen-bond donors (Lipinski definition) is 0. The maximum atomic E-state index is 13.7. The number of rotatable bonds is 5. The van der Waals surface area contributed by atoms with Gasteiger partial charge in [0.2, 0.25) is 5.91 Å². The molecule has 3 aromatic rings. The first-order valence-electron chi connectivity index (χ1n) is 10.2. The van der Waals surface area contributed by atoms with E-state index in [1.54, 1.807) is 30.6 Å². The first-order valence-corrected chi connectivity index (χ1v) is 10.2. The van der Waals surface area contributed by atoms with Crippen LogP contribution in [0.25, 0.3) is 11.3 Å². The van der Waals surface area contributed by atoms with Crippen LogP contribution in [0, 0.1) is 11.6 Å². The Morgan fingerprint density at radius 2 is 1.83 bits per heavy atom. The summed E-state index contributed by atoms with van der Waals surface area (Å²) in [5, 5.41) is 0. The maximum Gasteiger partial charge on any atom is 0.222 e. The van der Waals surface area contributed by atoms with E-state index in [2.05, 4.69) is 9.97 Å². The summed E-state index contributed by atoms with van der Waals surface area (Å²) in [6.45, 7) is 1.29. The van der Waals surface area contributed by atoms with Crippen LogP contribution in [0.2, 0.25) is 0 Å². The van der Waals surface area contributed by atoms with Crippen LogP contribution in [0.4, 0.5) is 8.78 Å². The zero-order chi connectivity index (χ0) is 20.9. The fourth-order valence-electron chi connectivity index (χ4n) is 3.99. The Kier molecular flexibility index (Phi) is 6.12. The molecule has 0 aliphatic carbocycles. The van der Waals surface area contributed by atoms with Gasteiger partial charge in [0, 0.05) is 43.4 Å². The second kappa shape index (κ2) is 9.11. The molecule has 4 nitrogen and oxygen atoms in total. The standard InChI is InChI=1S/C24H23F2N3O/c25-20-9-6-17(7-10-20)8-11-22(30)29-14-2-4-19(16-29)24-23(27-12-13-28-24)18-3-1-5-21(26)15-18/h1,3,5-7,9-10,12-13,15,19H,2,4,8,11,14,16H2. The lowest BCUT2D eigenvalue weighted by molar-refractivity contribution is -0.132. The van der Waals surface area contributed by atoms with Gasteiger partial charge in [0.15, 0.2) is 0 Å². The first kappa shape index (κ1) is 20.1. The van der Waals surface area contributed by atoms with Crippen molar-refractivity contribution < 1.29 is 13.6 Å². The molecule has 1 unspecified atom stereocenters. The van der Waals surface area contributed by atoms with Crippen LogP contribution in [0.1, 0.15) is 36.4 Å². The summed E-state index contributed by atoms with van der Waals surface area (Å²) in [5.74, 6) is -0.451. The van der Waals surface area contributed by atoms with E-state index in [0.717, 1.165) is 24.1 Å². The number of halogens is 2. The number of carbonyl (C=O) groups excluding carboxylic acids is 1. The molecule has 1 amide bonds. The van der Waals surface area contributed by atoms with Crippen molar-refractivity contribution >= 4 is 5.91 Å². The fourth-order valence-corrected chi connectivity index (χ4v) is 3.99. The predicted molar refractivity (Wildman–Crippen MR) is 111 cm³/mol. The van der Waals surface area contributed by atoms with Crippen molar-refractivity contribution in [3.05, 3.63) is 83.8 Å². The van der Waals surface area contributed by atoms with Gasteiger partial charge in [0.05, 0.1) is 11.4 Å². The highest BCUT2D eigenvalue weighted by molar-refractivity contribution is 5.76. The van der Waals surface area contributed by atoms with Crippen LogP contribution in [0.15, 0.2) is 60.9 Å². The van der Waals surface area contributed by atoms with Crippen molar-refractivity contribution in [2.45, 2.75) is 31.6 Å². The molecule has 0 radical (unpaired) electrons. The number of aryl methyl sites for hydroxylation is 1. The minimum Gasteiger partial charge on any atom is -0.342 e. The highest BCUT2D eigenvalue weighted by Gasteiger charge is 2.27. The number of carbonyl (C=O) groups is 1. The van der Waals surface area contributed by atoms with E-state index < -0.39 is 0 Å². The summed E-state index contributed by atoms with van der Waals surface area (Å²) in [6.07, 6.45) is 6.01. The van der Waals surface area contributed by atoms with Crippen molar-refractivity contribution in [3.63, 3.8) is 0 Å². The summed E-state index contributed by atoms with van der Waals surface area (Å²) in [5.41, 5.74) is 3.11. The largest absolute Gasteiger partial charge is 0.342 e. The summed E-state index contributed by atoms with van der Waals surface area (Å²) >= 11 is 0. The second-order valence-corrected chi connectivity index (χ2v) is 7.61. The predicted octanol–water partition coefficient (Wildman–Crippen LogP) is 4.76. The van der Waals surface area contributed by atoms with Gasteiger partial charge in [-0.25, -0.2) is 8.78 Å². The average Bonchev–Trinajstić information content (AvgIpc) is 2.78. The van der Waals surface area contributed by atoms with Gasteiger partial charge in [-0.15, -0.1) is 0 Å². The maximum absolute atomic E-state index is 13.7. The number of nitrogens with zero attached hydrogens (tertiary/aromatic N) is 3. The molecule has 1 aliphatic heterocycles. The lowest BCUT2D eigenvalue weighted by Crippen LogP contribution is -2.39. The van der Waals surface area contributed by atoms with Gasteiger partial charge < -0.3 is 4.90 Å². The van der Waals surface area contributed by atoms with Gasteiger partial charge in [-0.05, 0) is 49.1 Å². The van der Waals surface area contributed by atoms with Crippen LogP contribution >= 0.6 is 0 Å². The molecule has 0 spiro atoms. The van der Waals surface area contributed by atoms with Gasteiger partial charge in [-0.2, -0.15) is 0 Å². The topological polar surface area (TPSA) is 46.1 Å². The number of amides is 1. The quantitative estimate of drug-likeness (QED) is 0.613. The Labute approximate surface area is 174 Å². The molecule has 1 aromatic heterocycles. The number of piperidine rings is 1. The van der Waals surface area contributed by atoms with E-state index in [-0.39, 0.29) is 23.5 Å². The molecule has 4 rings (SSSR count). The third kappa shape index (κ3) is 4.70. The van der Waals surface area contributed by atoms with E-state index in [9.17, 15) is 13.6 Å². The van der Waals surface area contributed by atoms with Crippen molar-refractivity contribution in [1.29, 1.82) is 0 Å². The molecule has 1 atom stereocenters. The SMILES string of the molecule is O=C(CCc1ccc(F)cc1)N1CCCC(c2nccnc2-c2cccc(F)c2)C1. The van der Waals surface area contributed by atoms with Gasteiger partial charge >= 0.3 is 0 Å². The number of benzene rings is 2. The highest BCUT2D eigenvalue weighted by Crippen LogP contribution is 2.32. The van der Waals surface area contributed by atoms with Crippen LogP contribution in [0.3, 0.4) is 0 Å². The molecule has 30 heavy (non-hydrogen) atoms. The highest BCUT2D eigenvalue weighted by atomic mass is 19.1. The Morgan fingerprint density at radius 1 is 1.03 bits per heavy atom. The van der Waals surface area contributed by atoms with E-state index in [4.69, 9.17) is 0 Å². The Bertz CT molecular complexity index is 1020. The summed E-state index contributed by atoms with van der Waals surface area (Å²) in [7, 11) is 0. The third-order valence-electron chi connectivity index (χ3n) is 5.53. The molecule has 6 heteroatoms. The first-order chi connectivity index (χ1) is 14.6. The molecular weight excluding hydrogens is 384 g/mol. The molecule has 1 fully saturated rings. The Morgan fingerprint density at radius 3 is 2.63 bits per heavy atom. The van der Waals surface area contributed by atoms with Crippen molar-refractivity contribution in [2.24, 2.45) is 0 Å². The van der Waals surface area contributed by atoms with E-state index >= 15 is 0 Å². The molecule has 0 N–H and O–H groups in total. The normalized spacial score (nSPS) is 16.5. The van der Waals surface area contributed by atoms with Gasteiger partial charge in [-0.3, -0.25) is 14.8 Å². The van der Waals surface area contributed by atoms with Crippen molar-refractivity contribution in [1.82, 2.24) is 14.9 Å². The van der Waals surface area contributed by atoms with Crippen LogP contribution in [0.5, 0.6) is 0 Å². The smallest absolute Gasteiger partial charge is 0.222 e. The van der Waals surface area contributed by atoms with E-state index in [0.29, 0.717) is 37.2 Å². The van der Waals surface area contributed by atoms with Crippen LogP contribution in [-0.4, -0.2) is 33.9 Å². The number of hydrogen-bond acceptors (Lipinski definition) is 3.